The number of hydrogen-bond acceptors (Lipinski definition) is 3. The third kappa shape index (κ3) is 6.78. The monoisotopic (exact) mass is 200 g/mol. The Morgan fingerprint density at radius 2 is 1.79 bits per heavy atom. The highest BCUT2D eigenvalue weighted by molar-refractivity contribution is 5.99. The second kappa shape index (κ2) is 6.71. The molecule has 0 spiro atoms. The minimum atomic E-state index is -0.447. The van der Waals surface area contributed by atoms with E-state index in [-0.39, 0.29) is 18.0 Å². The van der Waals surface area contributed by atoms with Crippen LogP contribution in [-0.2, 0) is 14.3 Å². The summed E-state index contributed by atoms with van der Waals surface area (Å²) in [6.07, 6.45) is 0.484. The lowest BCUT2D eigenvalue weighted by Gasteiger charge is -2.12. The minimum absolute atomic E-state index is 0.0111. The summed E-state index contributed by atoms with van der Waals surface area (Å²) in [5.41, 5.74) is 0. The molecule has 0 saturated carbocycles. The van der Waals surface area contributed by atoms with E-state index in [1.165, 1.54) is 6.92 Å². The van der Waals surface area contributed by atoms with Crippen LogP contribution in [0.4, 0.5) is 0 Å². The third-order valence-electron chi connectivity index (χ3n) is 1.94. The summed E-state index contributed by atoms with van der Waals surface area (Å²) in [7, 11) is 0. The summed E-state index contributed by atoms with van der Waals surface area (Å²) in [4.78, 5) is 21.9. The van der Waals surface area contributed by atoms with Gasteiger partial charge >= 0.3 is 0 Å². The van der Waals surface area contributed by atoms with Gasteiger partial charge in [0.1, 0.15) is 11.9 Å². The average molecular weight is 200 g/mol. The number of ether oxygens (including phenoxy) is 1. The fourth-order valence-electron chi connectivity index (χ4n) is 0.963. The molecule has 82 valence electrons. The summed E-state index contributed by atoms with van der Waals surface area (Å²) in [6, 6.07) is 0. The van der Waals surface area contributed by atoms with E-state index in [9.17, 15) is 9.59 Å². The zero-order valence-corrected chi connectivity index (χ0v) is 9.50. The molecule has 0 fully saturated rings. The first-order valence-corrected chi connectivity index (χ1v) is 5.07. The zero-order chi connectivity index (χ0) is 11.1. The lowest BCUT2D eigenvalue weighted by molar-refractivity contribution is -0.133. The Hall–Kier alpha value is -0.700. The van der Waals surface area contributed by atoms with Gasteiger partial charge in [-0.05, 0) is 26.2 Å². The number of carbonyl (C=O) groups excluding carboxylic acids is 2. The highest BCUT2D eigenvalue weighted by Crippen LogP contribution is 2.03. The molecule has 0 aliphatic rings. The maximum Gasteiger partial charge on any atom is 0.168 e. The smallest absolute Gasteiger partial charge is 0.168 e. The van der Waals surface area contributed by atoms with Crippen molar-refractivity contribution in [3.8, 4) is 0 Å². The van der Waals surface area contributed by atoms with E-state index in [4.69, 9.17) is 4.74 Å². The minimum Gasteiger partial charge on any atom is -0.371 e. The van der Waals surface area contributed by atoms with Crippen LogP contribution in [0.3, 0.4) is 0 Å². The number of Topliss-reactive ketones (excluding diaryl/α,β-unsaturated/α-hetero) is 2. The summed E-state index contributed by atoms with van der Waals surface area (Å²) in [6.45, 7) is 7.91. The normalized spacial score (nSPS) is 12.9. The van der Waals surface area contributed by atoms with Crippen molar-refractivity contribution in [2.75, 3.05) is 6.61 Å². The second-order valence-corrected chi connectivity index (χ2v) is 4.04. The summed E-state index contributed by atoms with van der Waals surface area (Å²) >= 11 is 0. The molecule has 14 heavy (non-hydrogen) atoms. The first-order valence-electron chi connectivity index (χ1n) is 5.07. The summed E-state index contributed by atoms with van der Waals surface area (Å²) in [5, 5.41) is 0. The molecule has 1 unspecified atom stereocenters. The van der Waals surface area contributed by atoms with Crippen molar-refractivity contribution < 1.29 is 14.3 Å². The van der Waals surface area contributed by atoms with Crippen LogP contribution < -0.4 is 0 Å². The van der Waals surface area contributed by atoms with E-state index >= 15 is 0 Å². The topological polar surface area (TPSA) is 43.4 Å². The van der Waals surface area contributed by atoms with Gasteiger partial charge in [0, 0.05) is 6.61 Å². The number of rotatable bonds is 7. The highest BCUT2D eigenvalue weighted by Gasteiger charge is 2.14. The van der Waals surface area contributed by atoms with Crippen LogP contribution in [0.15, 0.2) is 0 Å². The van der Waals surface area contributed by atoms with Gasteiger partial charge in [-0.1, -0.05) is 13.8 Å². The van der Waals surface area contributed by atoms with Gasteiger partial charge in [-0.25, -0.2) is 0 Å². The predicted molar refractivity (Wildman–Crippen MR) is 55.2 cm³/mol. The van der Waals surface area contributed by atoms with Gasteiger partial charge in [-0.3, -0.25) is 9.59 Å². The summed E-state index contributed by atoms with van der Waals surface area (Å²) in [5.74, 6) is 0.348. The van der Waals surface area contributed by atoms with Gasteiger partial charge in [0.2, 0.25) is 0 Å². The molecule has 0 aliphatic heterocycles. The lowest BCUT2D eigenvalue weighted by atomic mass is 10.1. The maximum absolute atomic E-state index is 11.3. The number of carbonyl (C=O) groups is 2. The molecule has 0 rings (SSSR count). The van der Waals surface area contributed by atoms with Crippen molar-refractivity contribution in [3.63, 3.8) is 0 Å². The molecule has 0 aromatic heterocycles. The van der Waals surface area contributed by atoms with Gasteiger partial charge in [-0.2, -0.15) is 0 Å². The van der Waals surface area contributed by atoms with Gasteiger partial charge in [-0.15, -0.1) is 0 Å². The van der Waals surface area contributed by atoms with Crippen LogP contribution in [0.2, 0.25) is 0 Å². The fourth-order valence-corrected chi connectivity index (χ4v) is 0.963. The first-order chi connectivity index (χ1) is 6.43. The predicted octanol–water partition coefficient (Wildman–Crippen LogP) is 1.99. The SMILES string of the molecule is CC(=O)CC(=O)C(C)OCCC(C)C. The second-order valence-electron chi connectivity index (χ2n) is 4.04. The Kier molecular flexibility index (Phi) is 6.37. The van der Waals surface area contributed by atoms with Crippen molar-refractivity contribution in [1.82, 2.24) is 0 Å². The molecule has 0 aromatic rings. The Balaban J connectivity index is 3.67. The standard InChI is InChI=1S/C11H20O3/c1-8(2)5-6-14-10(4)11(13)7-9(3)12/h8,10H,5-7H2,1-4H3. The van der Waals surface area contributed by atoms with E-state index in [2.05, 4.69) is 13.8 Å². The summed E-state index contributed by atoms with van der Waals surface area (Å²) < 4.78 is 5.31. The van der Waals surface area contributed by atoms with Crippen LogP contribution in [0, 0.1) is 5.92 Å². The largest absolute Gasteiger partial charge is 0.371 e. The van der Waals surface area contributed by atoms with Crippen LogP contribution in [0.1, 0.15) is 40.5 Å². The van der Waals surface area contributed by atoms with Crippen molar-refractivity contribution in [1.29, 1.82) is 0 Å². The number of ketones is 2. The van der Waals surface area contributed by atoms with Gasteiger partial charge < -0.3 is 4.74 Å². The molecule has 0 aromatic carbocycles. The van der Waals surface area contributed by atoms with E-state index in [1.54, 1.807) is 6.92 Å². The molecule has 1 atom stereocenters. The van der Waals surface area contributed by atoms with Gasteiger partial charge in [0.05, 0.1) is 6.42 Å². The molecule has 0 heterocycles. The fraction of sp³-hybridized carbons (Fsp3) is 0.818. The molecular weight excluding hydrogens is 180 g/mol. The van der Waals surface area contributed by atoms with Crippen LogP contribution in [-0.4, -0.2) is 24.3 Å². The molecule has 0 amide bonds. The third-order valence-corrected chi connectivity index (χ3v) is 1.94. The molecule has 0 saturated heterocycles. The Morgan fingerprint density at radius 3 is 2.21 bits per heavy atom. The van der Waals surface area contributed by atoms with Crippen molar-refractivity contribution in [3.05, 3.63) is 0 Å². The van der Waals surface area contributed by atoms with Crippen molar-refractivity contribution >= 4 is 11.6 Å². The van der Waals surface area contributed by atoms with E-state index in [0.717, 1.165) is 6.42 Å². The molecule has 0 bridgehead atoms. The van der Waals surface area contributed by atoms with Gasteiger partial charge in [0.25, 0.3) is 0 Å². The van der Waals surface area contributed by atoms with Crippen LogP contribution in [0.25, 0.3) is 0 Å². The Bertz CT molecular complexity index is 197. The molecule has 0 radical (unpaired) electrons. The first kappa shape index (κ1) is 13.3. The maximum atomic E-state index is 11.3. The average Bonchev–Trinajstić information content (AvgIpc) is 2.01. The van der Waals surface area contributed by atoms with E-state index < -0.39 is 6.10 Å². The van der Waals surface area contributed by atoms with Crippen LogP contribution >= 0.6 is 0 Å². The zero-order valence-electron chi connectivity index (χ0n) is 9.50. The lowest BCUT2D eigenvalue weighted by Crippen LogP contribution is -2.23. The molecule has 3 nitrogen and oxygen atoms in total. The molecule has 3 heteroatoms. The van der Waals surface area contributed by atoms with Crippen LogP contribution in [0.5, 0.6) is 0 Å². The Morgan fingerprint density at radius 1 is 1.21 bits per heavy atom. The van der Waals surface area contributed by atoms with Gasteiger partial charge in [0.15, 0.2) is 5.78 Å². The number of hydrogen-bond donors (Lipinski definition) is 0. The van der Waals surface area contributed by atoms with E-state index in [1.807, 2.05) is 0 Å². The molecule has 0 aliphatic carbocycles. The molecular formula is C11H20O3. The van der Waals surface area contributed by atoms with Crippen molar-refractivity contribution in [2.24, 2.45) is 5.92 Å². The highest BCUT2D eigenvalue weighted by atomic mass is 16.5. The van der Waals surface area contributed by atoms with E-state index in [0.29, 0.717) is 12.5 Å². The quantitative estimate of drug-likeness (QED) is 0.590. The Labute approximate surface area is 85.8 Å². The molecule has 0 N–H and O–H groups in total. The van der Waals surface area contributed by atoms with Crippen molar-refractivity contribution in [2.45, 2.75) is 46.6 Å².